The minimum atomic E-state index is -0.902. The molecule has 0 unspecified atom stereocenters. The maximum atomic E-state index is 12.6. The molecule has 0 N–H and O–H groups in total. The highest BCUT2D eigenvalue weighted by Gasteiger charge is 2.33. The predicted octanol–water partition coefficient (Wildman–Crippen LogP) is 3.61. The SMILES string of the molecule is CC(C)(C)OC(=O)N(C(=O)OC(C)(C)C)c1cc(-c2cnccn2)ncn1. The molecule has 2 heterocycles. The van der Waals surface area contributed by atoms with E-state index in [2.05, 4.69) is 19.9 Å². The van der Waals surface area contributed by atoms with Crippen molar-refractivity contribution in [3.8, 4) is 11.4 Å². The summed E-state index contributed by atoms with van der Waals surface area (Å²) in [6.07, 6.45) is 3.97. The molecule has 9 nitrogen and oxygen atoms in total. The Morgan fingerprint density at radius 3 is 1.93 bits per heavy atom. The van der Waals surface area contributed by atoms with Gasteiger partial charge in [0.1, 0.15) is 23.2 Å². The minimum Gasteiger partial charge on any atom is -0.443 e. The molecule has 0 saturated carbocycles. The van der Waals surface area contributed by atoms with E-state index in [-0.39, 0.29) is 5.82 Å². The smallest absolute Gasteiger partial charge is 0.425 e. The van der Waals surface area contributed by atoms with Crippen molar-refractivity contribution in [1.82, 2.24) is 19.9 Å². The van der Waals surface area contributed by atoms with E-state index in [4.69, 9.17) is 9.47 Å². The Morgan fingerprint density at radius 1 is 0.852 bits per heavy atom. The van der Waals surface area contributed by atoms with E-state index in [0.717, 1.165) is 4.90 Å². The van der Waals surface area contributed by atoms with Crippen LogP contribution in [0.1, 0.15) is 41.5 Å². The second kappa shape index (κ2) is 7.65. The van der Waals surface area contributed by atoms with E-state index in [0.29, 0.717) is 11.4 Å². The number of rotatable bonds is 2. The molecular formula is C18H23N5O4. The zero-order chi connectivity index (χ0) is 20.2. The van der Waals surface area contributed by atoms with Gasteiger partial charge in [0.2, 0.25) is 0 Å². The van der Waals surface area contributed by atoms with Crippen molar-refractivity contribution in [2.45, 2.75) is 52.7 Å². The first-order valence-electron chi connectivity index (χ1n) is 8.31. The first-order valence-corrected chi connectivity index (χ1v) is 8.31. The first kappa shape index (κ1) is 20.2. The molecule has 0 radical (unpaired) electrons. The van der Waals surface area contributed by atoms with Gasteiger partial charge in [0.05, 0.1) is 11.9 Å². The molecule has 0 saturated heterocycles. The Kier molecular flexibility index (Phi) is 5.72. The van der Waals surface area contributed by atoms with Crippen LogP contribution in [0.5, 0.6) is 0 Å². The molecule has 0 aliphatic heterocycles. The fourth-order valence-corrected chi connectivity index (χ4v) is 1.92. The molecular weight excluding hydrogens is 350 g/mol. The van der Waals surface area contributed by atoms with E-state index in [1.165, 1.54) is 31.0 Å². The molecule has 0 spiro atoms. The Morgan fingerprint density at radius 2 is 1.44 bits per heavy atom. The number of carbonyl (C=O) groups excluding carboxylic acids is 2. The van der Waals surface area contributed by atoms with Crippen molar-refractivity contribution >= 4 is 18.0 Å². The summed E-state index contributed by atoms with van der Waals surface area (Å²) in [5.41, 5.74) is -0.754. The molecule has 0 aliphatic rings. The Labute approximate surface area is 157 Å². The minimum absolute atomic E-state index is 0.00848. The largest absolute Gasteiger partial charge is 0.443 e. The maximum Gasteiger partial charge on any atom is 0.425 e. The number of anilines is 1. The highest BCUT2D eigenvalue weighted by molar-refractivity contribution is 6.08. The van der Waals surface area contributed by atoms with Gasteiger partial charge in [-0.3, -0.25) is 9.97 Å². The van der Waals surface area contributed by atoms with Crippen molar-refractivity contribution in [2.24, 2.45) is 0 Å². The molecule has 2 aromatic heterocycles. The summed E-state index contributed by atoms with van der Waals surface area (Å²) >= 11 is 0. The fraction of sp³-hybridized carbons (Fsp3) is 0.444. The van der Waals surface area contributed by atoms with Gasteiger partial charge in [-0.2, -0.15) is 4.90 Å². The summed E-state index contributed by atoms with van der Waals surface area (Å²) in [6, 6.07) is 1.44. The van der Waals surface area contributed by atoms with Gasteiger partial charge < -0.3 is 9.47 Å². The molecule has 0 aromatic carbocycles. The summed E-state index contributed by atoms with van der Waals surface area (Å²) < 4.78 is 10.7. The van der Waals surface area contributed by atoms with Gasteiger partial charge in [-0.25, -0.2) is 19.6 Å². The average molecular weight is 373 g/mol. The van der Waals surface area contributed by atoms with Crippen LogP contribution in [0.2, 0.25) is 0 Å². The summed E-state index contributed by atoms with van der Waals surface area (Å²) in [6.45, 7) is 10.2. The quantitative estimate of drug-likeness (QED) is 0.785. The van der Waals surface area contributed by atoms with E-state index >= 15 is 0 Å². The number of ether oxygens (including phenoxy) is 2. The standard InChI is InChI=1S/C18H23N5O4/c1-17(2,3)26-15(24)23(16(25)27-18(4,5)6)14-9-12(21-11-22-14)13-10-19-7-8-20-13/h7-11H,1-6H3. The Balaban J connectivity index is 2.44. The van der Waals surface area contributed by atoms with E-state index in [1.807, 2.05) is 0 Å². The van der Waals surface area contributed by atoms with Gasteiger partial charge in [-0.05, 0) is 41.5 Å². The summed E-state index contributed by atoms with van der Waals surface area (Å²) in [4.78, 5) is 42.3. The molecule has 144 valence electrons. The third-order valence-electron chi connectivity index (χ3n) is 2.86. The van der Waals surface area contributed by atoms with Crippen molar-refractivity contribution < 1.29 is 19.1 Å². The van der Waals surface area contributed by atoms with Crippen LogP contribution in [-0.2, 0) is 9.47 Å². The van der Waals surface area contributed by atoms with Crippen LogP contribution in [-0.4, -0.2) is 43.3 Å². The lowest BCUT2D eigenvalue weighted by Crippen LogP contribution is -2.44. The molecule has 0 bridgehead atoms. The van der Waals surface area contributed by atoms with Crippen LogP contribution in [0.15, 0.2) is 31.0 Å². The zero-order valence-corrected chi connectivity index (χ0v) is 16.3. The molecule has 2 amide bonds. The van der Waals surface area contributed by atoms with Crippen molar-refractivity contribution in [3.05, 3.63) is 31.0 Å². The molecule has 0 aliphatic carbocycles. The van der Waals surface area contributed by atoms with Crippen LogP contribution in [0.25, 0.3) is 11.4 Å². The van der Waals surface area contributed by atoms with Gasteiger partial charge in [0.25, 0.3) is 0 Å². The second-order valence-corrected chi connectivity index (χ2v) is 7.65. The summed E-state index contributed by atoms with van der Waals surface area (Å²) in [5.74, 6) is 0.00848. The van der Waals surface area contributed by atoms with Crippen LogP contribution < -0.4 is 4.90 Å². The molecule has 27 heavy (non-hydrogen) atoms. The highest BCUT2D eigenvalue weighted by Crippen LogP contribution is 2.23. The Bertz CT molecular complexity index is 784. The molecule has 2 rings (SSSR count). The number of amides is 2. The number of hydrogen-bond donors (Lipinski definition) is 0. The lowest BCUT2D eigenvalue weighted by Gasteiger charge is -2.28. The van der Waals surface area contributed by atoms with Gasteiger partial charge in [0.15, 0.2) is 5.82 Å². The summed E-state index contributed by atoms with van der Waals surface area (Å²) in [7, 11) is 0. The molecule has 9 heteroatoms. The van der Waals surface area contributed by atoms with Crippen molar-refractivity contribution in [2.75, 3.05) is 4.90 Å². The average Bonchev–Trinajstić information content (AvgIpc) is 2.52. The van der Waals surface area contributed by atoms with Crippen LogP contribution in [0.3, 0.4) is 0 Å². The van der Waals surface area contributed by atoms with Gasteiger partial charge >= 0.3 is 12.2 Å². The number of nitrogens with zero attached hydrogens (tertiary/aromatic N) is 5. The monoisotopic (exact) mass is 373 g/mol. The first-order chi connectivity index (χ1) is 12.5. The number of aromatic nitrogens is 4. The number of hydrogen-bond acceptors (Lipinski definition) is 8. The van der Waals surface area contributed by atoms with Crippen molar-refractivity contribution in [3.63, 3.8) is 0 Å². The zero-order valence-electron chi connectivity index (χ0n) is 16.3. The fourth-order valence-electron chi connectivity index (χ4n) is 1.92. The van der Waals surface area contributed by atoms with E-state index < -0.39 is 23.4 Å². The maximum absolute atomic E-state index is 12.6. The van der Waals surface area contributed by atoms with Gasteiger partial charge in [-0.1, -0.05) is 0 Å². The van der Waals surface area contributed by atoms with Crippen molar-refractivity contribution in [1.29, 1.82) is 0 Å². The number of imide groups is 1. The molecule has 0 fully saturated rings. The Hall–Kier alpha value is -3.10. The van der Waals surface area contributed by atoms with Gasteiger partial charge in [0, 0.05) is 18.5 Å². The molecule has 0 atom stereocenters. The normalized spacial score (nSPS) is 11.6. The van der Waals surface area contributed by atoms with E-state index in [1.54, 1.807) is 41.5 Å². The third-order valence-corrected chi connectivity index (χ3v) is 2.86. The lowest BCUT2D eigenvalue weighted by molar-refractivity contribution is 0.0429. The summed E-state index contributed by atoms with van der Waals surface area (Å²) in [5, 5.41) is 0. The number of carbonyl (C=O) groups is 2. The topological polar surface area (TPSA) is 107 Å². The van der Waals surface area contributed by atoms with Crippen LogP contribution >= 0.6 is 0 Å². The highest BCUT2D eigenvalue weighted by atomic mass is 16.6. The third kappa shape index (κ3) is 5.98. The van der Waals surface area contributed by atoms with Crippen LogP contribution in [0, 0.1) is 0 Å². The lowest BCUT2D eigenvalue weighted by atomic mass is 10.2. The van der Waals surface area contributed by atoms with Gasteiger partial charge in [-0.15, -0.1) is 0 Å². The van der Waals surface area contributed by atoms with Crippen LogP contribution in [0.4, 0.5) is 15.4 Å². The second-order valence-electron chi connectivity index (χ2n) is 7.65. The van der Waals surface area contributed by atoms with E-state index in [9.17, 15) is 9.59 Å². The molecule has 2 aromatic rings. The predicted molar refractivity (Wildman–Crippen MR) is 98.0 cm³/mol.